The molecule has 0 bridgehead atoms. The van der Waals surface area contributed by atoms with Gasteiger partial charge in [-0.05, 0) is 32.1 Å². The Morgan fingerprint density at radius 2 is 2.21 bits per heavy atom. The maximum absolute atomic E-state index is 5.55. The highest BCUT2D eigenvalue weighted by Crippen LogP contribution is 2.28. The molecule has 2 fully saturated rings. The van der Waals surface area contributed by atoms with Gasteiger partial charge in [0.25, 0.3) is 0 Å². The molecule has 1 aliphatic carbocycles. The normalized spacial score (nSPS) is 32.4. The summed E-state index contributed by atoms with van der Waals surface area (Å²) >= 11 is 0. The molecule has 14 heavy (non-hydrogen) atoms. The number of nitrogens with one attached hydrogen (secondary N) is 1. The van der Waals surface area contributed by atoms with E-state index in [1.54, 1.807) is 0 Å². The summed E-state index contributed by atoms with van der Waals surface area (Å²) in [5.41, 5.74) is 0. The van der Waals surface area contributed by atoms with Crippen LogP contribution in [0.2, 0.25) is 0 Å². The van der Waals surface area contributed by atoms with Crippen LogP contribution in [0.1, 0.15) is 26.2 Å². The van der Waals surface area contributed by atoms with Crippen LogP contribution in [0.15, 0.2) is 0 Å². The van der Waals surface area contributed by atoms with E-state index in [2.05, 4.69) is 12.2 Å². The third-order valence-corrected chi connectivity index (χ3v) is 3.08. The Labute approximate surface area is 86.2 Å². The van der Waals surface area contributed by atoms with Gasteiger partial charge in [-0.2, -0.15) is 0 Å². The molecule has 2 rings (SSSR count). The fourth-order valence-electron chi connectivity index (χ4n) is 1.85. The first-order chi connectivity index (χ1) is 6.86. The Bertz CT molecular complexity index is 171. The molecule has 1 N–H and O–H groups in total. The van der Waals surface area contributed by atoms with Gasteiger partial charge in [0.05, 0.1) is 12.7 Å². The second kappa shape index (κ2) is 5.10. The van der Waals surface area contributed by atoms with Crippen molar-refractivity contribution >= 4 is 0 Å². The third kappa shape index (κ3) is 3.23. The van der Waals surface area contributed by atoms with Gasteiger partial charge in [0.15, 0.2) is 0 Å². The van der Waals surface area contributed by atoms with E-state index in [1.807, 2.05) is 0 Å². The van der Waals surface area contributed by atoms with Crippen molar-refractivity contribution < 1.29 is 9.47 Å². The monoisotopic (exact) mass is 199 g/mol. The predicted octanol–water partition coefficient (Wildman–Crippen LogP) is 1.18. The first-order valence-electron chi connectivity index (χ1n) is 5.79. The van der Waals surface area contributed by atoms with Crippen LogP contribution in [-0.2, 0) is 9.47 Å². The molecule has 3 nitrogen and oxygen atoms in total. The van der Waals surface area contributed by atoms with Gasteiger partial charge in [-0.3, -0.25) is 0 Å². The van der Waals surface area contributed by atoms with Crippen molar-refractivity contribution in [1.29, 1.82) is 0 Å². The van der Waals surface area contributed by atoms with E-state index >= 15 is 0 Å². The zero-order valence-corrected chi connectivity index (χ0v) is 9.00. The molecule has 1 saturated heterocycles. The molecule has 0 aromatic rings. The number of hydrogen-bond donors (Lipinski definition) is 1. The molecule has 0 radical (unpaired) electrons. The zero-order valence-electron chi connectivity index (χ0n) is 9.00. The lowest BCUT2D eigenvalue weighted by atomic mass is 10.1. The van der Waals surface area contributed by atoms with Gasteiger partial charge in [0.2, 0.25) is 0 Å². The summed E-state index contributed by atoms with van der Waals surface area (Å²) in [6, 6.07) is 0.541. The second-order valence-corrected chi connectivity index (χ2v) is 4.44. The van der Waals surface area contributed by atoms with Crippen LogP contribution in [-0.4, -0.2) is 38.5 Å². The summed E-state index contributed by atoms with van der Waals surface area (Å²) < 4.78 is 11.0. The minimum atomic E-state index is 0.374. The Balaban J connectivity index is 1.45. The van der Waals surface area contributed by atoms with Crippen LogP contribution in [0.25, 0.3) is 0 Å². The van der Waals surface area contributed by atoms with Crippen molar-refractivity contribution in [2.45, 2.75) is 38.3 Å². The first kappa shape index (κ1) is 10.4. The molecule has 1 heterocycles. The number of ether oxygens (including phenoxy) is 2. The molecule has 0 amide bonds. The molecule has 0 aromatic carbocycles. The zero-order chi connectivity index (χ0) is 9.80. The van der Waals surface area contributed by atoms with Crippen LogP contribution in [0.5, 0.6) is 0 Å². The third-order valence-electron chi connectivity index (χ3n) is 3.08. The molecule has 82 valence electrons. The van der Waals surface area contributed by atoms with Gasteiger partial charge in [-0.1, -0.05) is 0 Å². The molecule has 2 atom stereocenters. The summed E-state index contributed by atoms with van der Waals surface area (Å²) in [6.45, 7) is 5.82. The molecule has 0 spiro atoms. The second-order valence-electron chi connectivity index (χ2n) is 4.44. The molecule has 2 aliphatic rings. The first-order valence-corrected chi connectivity index (χ1v) is 5.79. The summed E-state index contributed by atoms with van der Waals surface area (Å²) in [7, 11) is 0. The molecule has 0 aromatic heterocycles. The van der Waals surface area contributed by atoms with E-state index in [-0.39, 0.29) is 0 Å². The van der Waals surface area contributed by atoms with Gasteiger partial charge < -0.3 is 14.8 Å². The van der Waals surface area contributed by atoms with Crippen molar-refractivity contribution in [3.8, 4) is 0 Å². The Morgan fingerprint density at radius 3 is 2.86 bits per heavy atom. The average molecular weight is 199 g/mol. The van der Waals surface area contributed by atoms with Crippen molar-refractivity contribution in [3.05, 3.63) is 0 Å². The van der Waals surface area contributed by atoms with E-state index in [1.165, 1.54) is 12.8 Å². The van der Waals surface area contributed by atoms with E-state index in [9.17, 15) is 0 Å². The van der Waals surface area contributed by atoms with E-state index < -0.39 is 0 Å². The lowest BCUT2D eigenvalue weighted by molar-refractivity contribution is 0.103. The maximum atomic E-state index is 5.55. The highest BCUT2D eigenvalue weighted by molar-refractivity contribution is 4.78. The minimum Gasteiger partial charge on any atom is -0.380 e. The van der Waals surface area contributed by atoms with Gasteiger partial charge in [-0.25, -0.2) is 0 Å². The summed E-state index contributed by atoms with van der Waals surface area (Å²) in [6.07, 6.45) is 4.27. The van der Waals surface area contributed by atoms with Gasteiger partial charge in [-0.15, -0.1) is 0 Å². The topological polar surface area (TPSA) is 30.5 Å². The quantitative estimate of drug-likeness (QED) is 0.652. The number of rotatable bonds is 6. The minimum absolute atomic E-state index is 0.374. The van der Waals surface area contributed by atoms with Crippen LogP contribution in [0.3, 0.4) is 0 Å². The SMILES string of the molecule is CC1OCCC1NCCOCC1CC1. The van der Waals surface area contributed by atoms with Gasteiger partial charge in [0.1, 0.15) is 0 Å². The summed E-state index contributed by atoms with van der Waals surface area (Å²) in [5.74, 6) is 0.878. The van der Waals surface area contributed by atoms with Crippen molar-refractivity contribution in [2.75, 3.05) is 26.4 Å². The fourth-order valence-corrected chi connectivity index (χ4v) is 1.85. The predicted molar refractivity (Wildman–Crippen MR) is 55.4 cm³/mol. The van der Waals surface area contributed by atoms with E-state index in [4.69, 9.17) is 9.47 Å². The smallest absolute Gasteiger partial charge is 0.0700 e. The van der Waals surface area contributed by atoms with Gasteiger partial charge in [0, 0.05) is 25.8 Å². The van der Waals surface area contributed by atoms with Crippen LogP contribution < -0.4 is 5.32 Å². The van der Waals surface area contributed by atoms with Crippen LogP contribution >= 0.6 is 0 Å². The lowest BCUT2D eigenvalue weighted by Gasteiger charge is -2.15. The largest absolute Gasteiger partial charge is 0.380 e. The van der Waals surface area contributed by atoms with Gasteiger partial charge >= 0.3 is 0 Å². The maximum Gasteiger partial charge on any atom is 0.0700 e. The van der Waals surface area contributed by atoms with Crippen LogP contribution in [0.4, 0.5) is 0 Å². The Morgan fingerprint density at radius 1 is 1.36 bits per heavy atom. The molecular formula is C11H21NO2. The Kier molecular flexibility index (Phi) is 3.79. The van der Waals surface area contributed by atoms with Crippen molar-refractivity contribution in [1.82, 2.24) is 5.32 Å². The van der Waals surface area contributed by atoms with E-state index in [0.717, 1.165) is 38.7 Å². The van der Waals surface area contributed by atoms with Crippen molar-refractivity contribution in [2.24, 2.45) is 5.92 Å². The lowest BCUT2D eigenvalue weighted by Crippen LogP contribution is -2.36. The molecule has 1 aliphatic heterocycles. The van der Waals surface area contributed by atoms with Crippen molar-refractivity contribution in [3.63, 3.8) is 0 Å². The molecule has 2 unspecified atom stereocenters. The molecular weight excluding hydrogens is 178 g/mol. The molecule has 3 heteroatoms. The standard InChI is InChI=1S/C11H21NO2/c1-9-11(4-6-14-9)12-5-7-13-8-10-2-3-10/h9-12H,2-8H2,1H3. The summed E-state index contributed by atoms with van der Waals surface area (Å²) in [4.78, 5) is 0. The Hall–Kier alpha value is -0.120. The fraction of sp³-hybridized carbons (Fsp3) is 1.00. The molecule has 1 saturated carbocycles. The van der Waals surface area contributed by atoms with E-state index in [0.29, 0.717) is 12.1 Å². The van der Waals surface area contributed by atoms with Crippen LogP contribution in [0, 0.1) is 5.92 Å². The number of hydrogen-bond acceptors (Lipinski definition) is 3. The summed E-state index contributed by atoms with van der Waals surface area (Å²) in [5, 5.41) is 3.48. The highest BCUT2D eigenvalue weighted by Gasteiger charge is 2.23. The highest BCUT2D eigenvalue weighted by atomic mass is 16.5. The average Bonchev–Trinajstić information content (AvgIpc) is 2.91.